The normalized spacial score (nSPS) is 11.0. The number of fused-ring (bicyclic) bond motifs is 3. The average molecular weight is 931 g/mol. The summed E-state index contributed by atoms with van der Waals surface area (Å²) in [4.78, 5) is 21.2. The van der Waals surface area contributed by atoms with Gasteiger partial charge in [-0.05, 0) is 82.9 Å². The van der Waals surface area contributed by atoms with E-state index in [4.69, 9.17) is 19.9 Å². The molecule has 12 rings (SSSR count). The van der Waals surface area contributed by atoms with E-state index in [0.717, 1.165) is 72.0 Å². The van der Waals surface area contributed by atoms with Crippen molar-refractivity contribution in [3.05, 3.63) is 247 Å². The lowest BCUT2D eigenvalue weighted by Crippen LogP contribution is -2.05. The molecule has 8 nitrogen and oxygen atoms in total. The summed E-state index contributed by atoms with van der Waals surface area (Å²) in [7, 11) is 0. The van der Waals surface area contributed by atoms with Gasteiger partial charge in [0, 0.05) is 44.2 Å². The second-order valence-electron chi connectivity index (χ2n) is 17.6. The average Bonchev–Trinajstić information content (AvgIpc) is 3.80. The maximum atomic E-state index is 11.1. The molecule has 0 saturated heterocycles. The van der Waals surface area contributed by atoms with E-state index in [9.17, 15) is 15.8 Å². The van der Waals surface area contributed by atoms with Gasteiger partial charge in [0.1, 0.15) is 0 Å². The van der Waals surface area contributed by atoms with Crippen LogP contribution in [0.25, 0.3) is 118 Å². The van der Waals surface area contributed by atoms with Crippen molar-refractivity contribution < 1.29 is 0 Å². The lowest BCUT2D eigenvalue weighted by atomic mass is 9.95. The Labute approximate surface area is 421 Å². The van der Waals surface area contributed by atoms with Crippen molar-refractivity contribution in [3.63, 3.8) is 0 Å². The third kappa shape index (κ3) is 8.32. The highest BCUT2D eigenvalue weighted by Crippen LogP contribution is 2.45. The van der Waals surface area contributed by atoms with E-state index in [0.29, 0.717) is 62.2 Å². The van der Waals surface area contributed by atoms with E-state index in [1.165, 1.54) is 0 Å². The summed E-state index contributed by atoms with van der Waals surface area (Å²) in [6.07, 6.45) is 0. The molecule has 0 fully saturated rings. The van der Waals surface area contributed by atoms with Crippen LogP contribution in [0.15, 0.2) is 231 Å². The summed E-state index contributed by atoms with van der Waals surface area (Å²) in [5.74, 6) is 1.04. The molecule has 0 spiro atoms. The van der Waals surface area contributed by atoms with Gasteiger partial charge in [-0.2, -0.15) is 15.8 Å². The molecular formula is C65H38N8. The van der Waals surface area contributed by atoms with Gasteiger partial charge in [-0.15, -0.1) is 0 Å². The summed E-state index contributed by atoms with van der Waals surface area (Å²) in [5.41, 5.74) is 15.0. The first-order chi connectivity index (χ1) is 36.0. The van der Waals surface area contributed by atoms with Crippen LogP contribution in [0.4, 0.5) is 0 Å². The molecule has 0 bridgehead atoms. The quantitative estimate of drug-likeness (QED) is 0.141. The Morgan fingerprint density at radius 3 is 1.04 bits per heavy atom. The van der Waals surface area contributed by atoms with Gasteiger partial charge < -0.3 is 4.57 Å². The van der Waals surface area contributed by atoms with E-state index < -0.39 is 0 Å². The van der Waals surface area contributed by atoms with Crippen LogP contribution < -0.4 is 0 Å². The van der Waals surface area contributed by atoms with Crippen LogP contribution in [-0.4, -0.2) is 24.5 Å². The zero-order chi connectivity index (χ0) is 49.3. The third-order valence-electron chi connectivity index (χ3n) is 13.1. The number of nitrogens with zero attached hydrogens (tertiary/aromatic N) is 8. The second-order valence-corrected chi connectivity index (χ2v) is 17.6. The molecule has 0 aliphatic heterocycles. The van der Waals surface area contributed by atoms with Crippen LogP contribution in [0.5, 0.6) is 0 Å². The van der Waals surface area contributed by atoms with Crippen LogP contribution in [0, 0.1) is 34.0 Å². The molecule has 0 aliphatic rings. The van der Waals surface area contributed by atoms with Crippen LogP contribution in [0.3, 0.4) is 0 Å². The summed E-state index contributed by atoms with van der Waals surface area (Å²) >= 11 is 0. The monoisotopic (exact) mass is 930 g/mol. The molecule has 0 saturated carbocycles. The molecular weight excluding hydrogens is 893 g/mol. The Morgan fingerprint density at radius 1 is 0.288 bits per heavy atom. The fourth-order valence-corrected chi connectivity index (χ4v) is 9.60. The smallest absolute Gasteiger partial charge is 0.160 e. The van der Waals surface area contributed by atoms with E-state index in [1.807, 2.05) is 182 Å². The molecule has 9 aromatic carbocycles. The molecule has 3 aromatic heterocycles. The SMILES string of the molecule is N#Cc1cccc(-c2ccc3c4ccc(-c5cccc(C#N)c5)cc4n(-c4c(-c5cc(-c6ccccc6)nc(-c6ccccc6)n5)cc(C#N)cc4-c4cc(-c5ccccc5)nc(-c5ccccc5)n4)c3c2)c1. The molecule has 73 heavy (non-hydrogen) atoms. The van der Waals surface area contributed by atoms with Gasteiger partial charge in [0.25, 0.3) is 0 Å². The number of aromatic nitrogens is 5. The Hall–Kier alpha value is -10.6. The van der Waals surface area contributed by atoms with Crippen molar-refractivity contribution in [2.75, 3.05) is 0 Å². The fraction of sp³-hybridized carbons (Fsp3) is 0. The minimum Gasteiger partial charge on any atom is -0.308 e. The van der Waals surface area contributed by atoms with Gasteiger partial charge in [0.05, 0.1) is 74.4 Å². The Morgan fingerprint density at radius 2 is 0.644 bits per heavy atom. The van der Waals surface area contributed by atoms with Crippen molar-refractivity contribution in [2.24, 2.45) is 0 Å². The van der Waals surface area contributed by atoms with Gasteiger partial charge in [-0.3, -0.25) is 0 Å². The highest BCUT2D eigenvalue weighted by atomic mass is 15.0. The van der Waals surface area contributed by atoms with Gasteiger partial charge in [0.2, 0.25) is 0 Å². The molecule has 338 valence electrons. The molecule has 0 amide bonds. The molecule has 12 aromatic rings. The van der Waals surface area contributed by atoms with Gasteiger partial charge in [0.15, 0.2) is 11.6 Å². The van der Waals surface area contributed by atoms with Crippen molar-refractivity contribution in [2.45, 2.75) is 0 Å². The minimum atomic E-state index is 0.403. The second kappa shape index (κ2) is 18.7. The standard InChI is InChI=1S/C65H38N8/c66-39-42-15-13-25-49(31-42)51-27-29-53-54-30-28-52(50-26-14-16-43(32-50)40-67)36-62(54)73(61(53)35-51)63-55(59-37-57(45-17-5-1-6-18-45)69-64(71-59)47-21-9-3-10-22-47)33-44(41-68)34-56(63)60-38-58(46-19-7-2-8-20-46)70-65(72-60)48-23-11-4-12-24-48/h1-38H. The van der Waals surface area contributed by atoms with Crippen LogP contribution in [-0.2, 0) is 0 Å². The Balaban J connectivity index is 1.26. The predicted molar refractivity (Wildman–Crippen MR) is 290 cm³/mol. The Kier molecular flexibility index (Phi) is 11.2. The topological polar surface area (TPSA) is 128 Å². The van der Waals surface area contributed by atoms with Crippen molar-refractivity contribution in [1.82, 2.24) is 24.5 Å². The first-order valence-electron chi connectivity index (χ1n) is 23.7. The third-order valence-corrected chi connectivity index (χ3v) is 13.1. The molecule has 0 radical (unpaired) electrons. The largest absolute Gasteiger partial charge is 0.308 e. The zero-order valence-electron chi connectivity index (χ0n) is 39.0. The summed E-state index contributed by atoms with van der Waals surface area (Å²) in [6, 6.07) is 83.0. The fourth-order valence-electron chi connectivity index (χ4n) is 9.60. The van der Waals surface area contributed by atoms with E-state index in [-0.39, 0.29) is 0 Å². The number of hydrogen-bond acceptors (Lipinski definition) is 7. The number of benzene rings is 9. The van der Waals surface area contributed by atoms with Crippen LogP contribution in [0.1, 0.15) is 16.7 Å². The van der Waals surface area contributed by atoms with E-state index in [2.05, 4.69) is 59.2 Å². The Bertz CT molecular complexity index is 3840. The number of rotatable bonds is 9. The molecule has 0 aliphatic carbocycles. The van der Waals surface area contributed by atoms with Crippen LogP contribution >= 0.6 is 0 Å². The van der Waals surface area contributed by atoms with Gasteiger partial charge >= 0.3 is 0 Å². The highest BCUT2D eigenvalue weighted by molar-refractivity contribution is 6.12. The molecule has 3 heterocycles. The van der Waals surface area contributed by atoms with E-state index in [1.54, 1.807) is 12.1 Å². The maximum absolute atomic E-state index is 11.1. The number of hydrogen-bond donors (Lipinski definition) is 0. The first-order valence-corrected chi connectivity index (χ1v) is 23.7. The molecule has 0 N–H and O–H groups in total. The summed E-state index contributed by atoms with van der Waals surface area (Å²) in [6.45, 7) is 0. The van der Waals surface area contributed by atoms with Crippen molar-refractivity contribution >= 4 is 21.8 Å². The molecule has 8 heteroatoms. The van der Waals surface area contributed by atoms with Gasteiger partial charge in [-0.1, -0.05) is 170 Å². The molecule has 0 unspecified atom stereocenters. The van der Waals surface area contributed by atoms with Crippen molar-refractivity contribution in [1.29, 1.82) is 15.8 Å². The van der Waals surface area contributed by atoms with E-state index >= 15 is 0 Å². The highest BCUT2D eigenvalue weighted by Gasteiger charge is 2.26. The summed E-state index contributed by atoms with van der Waals surface area (Å²) < 4.78 is 2.27. The predicted octanol–water partition coefficient (Wildman–Crippen LogP) is 15.3. The van der Waals surface area contributed by atoms with Crippen molar-refractivity contribution in [3.8, 4) is 114 Å². The van der Waals surface area contributed by atoms with Crippen LogP contribution in [0.2, 0.25) is 0 Å². The molecule has 0 atom stereocenters. The minimum absolute atomic E-state index is 0.403. The first kappa shape index (κ1) is 43.7. The number of nitriles is 3. The lowest BCUT2D eigenvalue weighted by Gasteiger charge is -2.21. The van der Waals surface area contributed by atoms with Gasteiger partial charge in [-0.25, -0.2) is 19.9 Å². The lowest BCUT2D eigenvalue weighted by molar-refractivity contribution is 1.14. The maximum Gasteiger partial charge on any atom is 0.160 e. The zero-order valence-corrected chi connectivity index (χ0v) is 39.0. The summed E-state index contributed by atoms with van der Waals surface area (Å²) in [5, 5.41) is 33.1.